The van der Waals surface area contributed by atoms with Gasteiger partial charge >= 0.3 is 5.69 Å². The molecule has 1 aromatic heterocycles. The number of ether oxygens (including phenoxy) is 1. The number of benzene rings is 1. The van der Waals surface area contributed by atoms with Crippen LogP contribution >= 0.6 is 0 Å². The Morgan fingerprint density at radius 2 is 2.10 bits per heavy atom. The van der Waals surface area contributed by atoms with E-state index in [9.17, 15) is 14.5 Å². The Labute approximate surface area is 114 Å². The number of pyridine rings is 1. The fourth-order valence-electron chi connectivity index (χ4n) is 1.63. The highest BCUT2D eigenvalue weighted by molar-refractivity contribution is 5.47. The average molecular weight is 277 g/mol. The smallest absolute Gasteiger partial charge is 0.314 e. The molecule has 0 fully saturated rings. The van der Waals surface area contributed by atoms with Gasteiger partial charge in [0.05, 0.1) is 10.6 Å². The van der Waals surface area contributed by atoms with E-state index in [1.807, 2.05) is 0 Å². The molecule has 0 saturated carbocycles. The van der Waals surface area contributed by atoms with E-state index < -0.39 is 16.4 Å². The summed E-state index contributed by atoms with van der Waals surface area (Å²) in [6.07, 6.45) is 0. The number of nitro benzene ring substituents is 1. The molecule has 0 radical (unpaired) electrons. The van der Waals surface area contributed by atoms with E-state index in [0.29, 0.717) is 11.5 Å². The zero-order valence-corrected chi connectivity index (χ0v) is 10.7. The summed E-state index contributed by atoms with van der Waals surface area (Å²) in [5.74, 6) is -0.521. The van der Waals surface area contributed by atoms with Crippen molar-refractivity contribution < 1.29 is 14.1 Å². The number of rotatable bonds is 5. The third kappa shape index (κ3) is 3.00. The maximum atomic E-state index is 13.6. The van der Waals surface area contributed by atoms with Crippen molar-refractivity contribution in [3.63, 3.8) is 0 Å². The summed E-state index contributed by atoms with van der Waals surface area (Å²) in [5.41, 5.74) is 0.129. The van der Waals surface area contributed by atoms with Crippen molar-refractivity contribution >= 4 is 11.5 Å². The van der Waals surface area contributed by atoms with Crippen LogP contribution in [0.4, 0.5) is 15.9 Å². The first-order chi connectivity index (χ1) is 9.61. The zero-order chi connectivity index (χ0) is 14.5. The predicted molar refractivity (Wildman–Crippen MR) is 71.2 cm³/mol. The second kappa shape index (κ2) is 5.96. The largest absolute Gasteiger partial charge is 0.478 e. The highest BCUT2D eigenvalue weighted by atomic mass is 19.1. The van der Waals surface area contributed by atoms with Crippen LogP contribution in [-0.2, 0) is 6.61 Å². The highest BCUT2D eigenvalue weighted by Gasteiger charge is 2.19. The maximum Gasteiger partial charge on any atom is 0.314 e. The quantitative estimate of drug-likeness (QED) is 0.671. The van der Waals surface area contributed by atoms with Crippen molar-refractivity contribution in [1.82, 2.24) is 4.98 Å². The van der Waals surface area contributed by atoms with Gasteiger partial charge in [0.1, 0.15) is 12.4 Å². The molecule has 20 heavy (non-hydrogen) atoms. The Kier molecular flexibility index (Phi) is 4.09. The van der Waals surface area contributed by atoms with Gasteiger partial charge in [-0.15, -0.1) is 0 Å². The molecule has 1 heterocycles. The fourth-order valence-corrected chi connectivity index (χ4v) is 1.63. The van der Waals surface area contributed by atoms with E-state index in [4.69, 9.17) is 4.74 Å². The number of nitro groups is 1. The molecule has 0 saturated heterocycles. The van der Waals surface area contributed by atoms with Gasteiger partial charge in [-0.2, -0.15) is 0 Å². The third-order valence-corrected chi connectivity index (χ3v) is 2.57. The zero-order valence-electron chi connectivity index (χ0n) is 10.7. The van der Waals surface area contributed by atoms with Crippen LogP contribution in [0.2, 0.25) is 0 Å². The SMILES string of the molecule is CNc1cccc(COc2c(F)cccc2[N+](=O)[O-])n1. The lowest BCUT2D eigenvalue weighted by Gasteiger charge is -2.08. The monoisotopic (exact) mass is 277 g/mol. The molecule has 1 N–H and O–H groups in total. The van der Waals surface area contributed by atoms with Crippen LogP contribution in [0.5, 0.6) is 5.75 Å². The van der Waals surface area contributed by atoms with E-state index in [1.54, 1.807) is 25.2 Å². The van der Waals surface area contributed by atoms with Crippen molar-refractivity contribution in [2.45, 2.75) is 6.61 Å². The van der Waals surface area contributed by atoms with E-state index in [1.165, 1.54) is 12.1 Å². The summed E-state index contributed by atoms with van der Waals surface area (Å²) < 4.78 is 18.8. The number of anilines is 1. The summed E-state index contributed by atoms with van der Waals surface area (Å²) in [6.45, 7) is -0.0582. The molecule has 0 atom stereocenters. The molecule has 6 nitrogen and oxygen atoms in total. The minimum atomic E-state index is -0.774. The first-order valence-corrected chi connectivity index (χ1v) is 5.81. The van der Waals surface area contributed by atoms with Crippen LogP contribution in [0, 0.1) is 15.9 Å². The third-order valence-electron chi connectivity index (χ3n) is 2.57. The maximum absolute atomic E-state index is 13.6. The Hall–Kier alpha value is -2.70. The molecule has 0 aliphatic carbocycles. The topological polar surface area (TPSA) is 77.3 Å². The molecule has 2 aromatic rings. The first-order valence-electron chi connectivity index (χ1n) is 5.81. The molecule has 104 valence electrons. The number of halogens is 1. The van der Waals surface area contributed by atoms with Gasteiger partial charge in [-0.25, -0.2) is 9.37 Å². The van der Waals surface area contributed by atoms with E-state index in [-0.39, 0.29) is 12.4 Å². The van der Waals surface area contributed by atoms with E-state index in [0.717, 1.165) is 6.07 Å². The fraction of sp³-hybridized carbons (Fsp3) is 0.154. The van der Waals surface area contributed by atoms with Crippen molar-refractivity contribution in [3.8, 4) is 5.75 Å². The Morgan fingerprint density at radius 3 is 2.80 bits per heavy atom. The summed E-state index contributed by atoms with van der Waals surface area (Å²) in [6, 6.07) is 8.77. The van der Waals surface area contributed by atoms with Gasteiger partial charge in [0.25, 0.3) is 0 Å². The minimum absolute atomic E-state index is 0.0582. The van der Waals surface area contributed by atoms with Crippen LogP contribution in [-0.4, -0.2) is 17.0 Å². The molecule has 0 aliphatic heterocycles. The predicted octanol–water partition coefficient (Wildman–Crippen LogP) is 2.75. The lowest BCUT2D eigenvalue weighted by molar-refractivity contribution is -0.386. The molecule has 0 spiro atoms. The van der Waals surface area contributed by atoms with Gasteiger partial charge in [0.15, 0.2) is 5.82 Å². The number of nitrogens with one attached hydrogen (secondary N) is 1. The van der Waals surface area contributed by atoms with Crippen LogP contribution in [0.1, 0.15) is 5.69 Å². The second-order valence-electron chi connectivity index (χ2n) is 3.90. The average Bonchev–Trinajstić information content (AvgIpc) is 2.45. The van der Waals surface area contributed by atoms with Crippen molar-refractivity contribution in [2.24, 2.45) is 0 Å². The Morgan fingerprint density at radius 1 is 1.35 bits per heavy atom. The van der Waals surface area contributed by atoms with Crippen LogP contribution in [0.3, 0.4) is 0 Å². The molecule has 0 amide bonds. The Bertz CT molecular complexity index is 634. The van der Waals surface area contributed by atoms with Crippen molar-refractivity contribution in [1.29, 1.82) is 0 Å². The van der Waals surface area contributed by atoms with Crippen LogP contribution in [0.25, 0.3) is 0 Å². The summed E-state index contributed by atoms with van der Waals surface area (Å²) in [5, 5.41) is 13.7. The summed E-state index contributed by atoms with van der Waals surface area (Å²) in [4.78, 5) is 14.3. The number of nitrogens with zero attached hydrogens (tertiary/aromatic N) is 2. The van der Waals surface area contributed by atoms with Gasteiger partial charge in [-0.3, -0.25) is 10.1 Å². The lowest BCUT2D eigenvalue weighted by Crippen LogP contribution is -2.04. The molecule has 0 unspecified atom stereocenters. The highest BCUT2D eigenvalue weighted by Crippen LogP contribution is 2.30. The summed E-state index contributed by atoms with van der Waals surface area (Å²) >= 11 is 0. The van der Waals surface area contributed by atoms with Gasteiger partial charge in [0, 0.05) is 13.1 Å². The molecular weight excluding hydrogens is 265 g/mol. The molecule has 2 rings (SSSR count). The second-order valence-corrected chi connectivity index (χ2v) is 3.90. The number of aromatic nitrogens is 1. The van der Waals surface area contributed by atoms with Crippen LogP contribution in [0.15, 0.2) is 36.4 Å². The standard InChI is InChI=1S/C13H12FN3O3/c1-15-12-7-2-4-9(16-12)8-20-13-10(14)5-3-6-11(13)17(18)19/h2-7H,8H2,1H3,(H,15,16). The number of hydrogen-bond donors (Lipinski definition) is 1. The van der Waals surface area contributed by atoms with Gasteiger partial charge in [-0.1, -0.05) is 12.1 Å². The normalized spacial score (nSPS) is 10.1. The lowest BCUT2D eigenvalue weighted by atomic mass is 10.3. The molecular formula is C13H12FN3O3. The number of hydrogen-bond acceptors (Lipinski definition) is 5. The van der Waals surface area contributed by atoms with Crippen molar-refractivity contribution in [2.75, 3.05) is 12.4 Å². The van der Waals surface area contributed by atoms with Crippen molar-refractivity contribution in [3.05, 3.63) is 58.0 Å². The van der Waals surface area contributed by atoms with Crippen LogP contribution < -0.4 is 10.1 Å². The number of para-hydroxylation sites is 1. The van der Waals surface area contributed by atoms with E-state index >= 15 is 0 Å². The molecule has 0 aliphatic rings. The molecule has 0 bridgehead atoms. The van der Waals surface area contributed by atoms with Gasteiger partial charge < -0.3 is 10.1 Å². The first kappa shape index (κ1) is 13.7. The molecule has 1 aromatic carbocycles. The Balaban J connectivity index is 2.20. The van der Waals surface area contributed by atoms with Gasteiger partial charge in [-0.05, 0) is 18.2 Å². The molecule has 7 heteroatoms. The summed E-state index contributed by atoms with van der Waals surface area (Å²) in [7, 11) is 1.72. The van der Waals surface area contributed by atoms with E-state index in [2.05, 4.69) is 10.3 Å². The van der Waals surface area contributed by atoms with Gasteiger partial charge in [0.2, 0.25) is 5.75 Å². The minimum Gasteiger partial charge on any atom is -0.478 e.